The molecule has 2 aromatic heterocycles. The van der Waals surface area contributed by atoms with E-state index in [1.807, 2.05) is 0 Å². The third-order valence-corrected chi connectivity index (χ3v) is 4.37. The summed E-state index contributed by atoms with van der Waals surface area (Å²) in [5.41, 5.74) is 1.52. The van der Waals surface area contributed by atoms with Gasteiger partial charge in [-0.05, 0) is 26.0 Å². The number of ether oxygens (including phenoxy) is 2. The first-order chi connectivity index (χ1) is 11.4. The Hall–Kier alpha value is -1.82. The predicted octanol–water partition coefficient (Wildman–Crippen LogP) is -1.29. The van der Waals surface area contributed by atoms with Gasteiger partial charge in [0.25, 0.3) is 0 Å². The van der Waals surface area contributed by atoms with E-state index in [1.165, 1.54) is 17.8 Å². The van der Waals surface area contributed by atoms with E-state index in [1.54, 1.807) is 19.1 Å². The SMILES string of the molecule is CCOC1(c2ccc3c(NN)ncnn23)O[C@H](CO)[C@@H](O)[C@@]1(C)O. The van der Waals surface area contributed by atoms with E-state index in [0.717, 1.165) is 0 Å². The number of nitrogen functional groups attached to an aromatic ring is 1. The topological polar surface area (TPSA) is 147 Å². The van der Waals surface area contributed by atoms with E-state index >= 15 is 0 Å². The molecule has 0 aromatic carbocycles. The molecule has 2 aromatic rings. The number of aromatic nitrogens is 3. The van der Waals surface area contributed by atoms with Gasteiger partial charge in [0.05, 0.1) is 6.61 Å². The van der Waals surface area contributed by atoms with Crippen LogP contribution in [0.5, 0.6) is 0 Å². The predicted molar refractivity (Wildman–Crippen MR) is 82.7 cm³/mol. The molecular formula is C14H21N5O5. The van der Waals surface area contributed by atoms with Gasteiger partial charge in [-0.1, -0.05) is 0 Å². The summed E-state index contributed by atoms with van der Waals surface area (Å²) >= 11 is 0. The molecule has 0 amide bonds. The van der Waals surface area contributed by atoms with E-state index in [2.05, 4.69) is 15.5 Å². The van der Waals surface area contributed by atoms with Crippen molar-refractivity contribution in [2.24, 2.45) is 5.84 Å². The van der Waals surface area contributed by atoms with Crippen LogP contribution >= 0.6 is 0 Å². The number of aliphatic hydroxyl groups is 3. The second-order valence-corrected chi connectivity index (χ2v) is 5.75. The molecule has 0 saturated carbocycles. The van der Waals surface area contributed by atoms with E-state index in [-0.39, 0.29) is 6.61 Å². The third kappa shape index (κ3) is 2.12. The lowest BCUT2D eigenvalue weighted by molar-refractivity contribution is -0.300. The van der Waals surface area contributed by atoms with Gasteiger partial charge in [0.15, 0.2) is 11.4 Å². The highest BCUT2D eigenvalue weighted by molar-refractivity contribution is 5.67. The van der Waals surface area contributed by atoms with Crippen LogP contribution in [0, 0.1) is 0 Å². The van der Waals surface area contributed by atoms with Crippen molar-refractivity contribution in [1.29, 1.82) is 0 Å². The molecule has 1 aliphatic rings. The average molecular weight is 339 g/mol. The van der Waals surface area contributed by atoms with Crippen LogP contribution in [0.15, 0.2) is 18.5 Å². The first-order valence-electron chi connectivity index (χ1n) is 7.55. The summed E-state index contributed by atoms with van der Waals surface area (Å²) in [7, 11) is 0. The number of anilines is 1. The maximum Gasteiger partial charge on any atom is 0.245 e. The molecule has 1 aliphatic heterocycles. The minimum absolute atomic E-state index is 0.196. The van der Waals surface area contributed by atoms with E-state index in [4.69, 9.17) is 15.3 Å². The zero-order chi connectivity index (χ0) is 17.5. The molecule has 0 bridgehead atoms. The van der Waals surface area contributed by atoms with Crippen LogP contribution in [0.2, 0.25) is 0 Å². The highest BCUT2D eigenvalue weighted by Gasteiger charge is 2.65. The molecule has 0 aliphatic carbocycles. The first kappa shape index (κ1) is 17.0. The summed E-state index contributed by atoms with van der Waals surface area (Å²) in [4.78, 5) is 4.01. The van der Waals surface area contributed by atoms with Crippen molar-refractivity contribution >= 4 is 11.3 Å². The molecule has 10 nitrogen and oxygen atoms in total. The molecule has 0 spiro atoms. The van der Waals surface area contributed by atoms with Gasteiger partial charge in [0.1, 0.15) is 29.7 Å². The molecule has 10 heteroatoms. The molecule has 4 atom stereocenters. The van der Waals surface area contributed by atoms with Crippen molar-refractivity contribution in [1.82, 2.24) is 14.6 Å². The largest absolute Gasteiger partial charge is 0.394 e. The minimum Gasteiger partial charge on any atom is -0.394 e. The first-order valence-corrected chi connectivity index (χ1v) is 7.55. The molecule has 132 valence electrons. The molecule has 0 radical (unpaired) electrons. The highest BCUT2D eigenvalue weighted by atomic mass is 16.7. The Morgan fingerprint density at radius 3 is 2.83 bits per heavy atom. The van der Waals surface area contributed by atoms with Gasteiger partial charge < -0.3 is 30.2 Å². The number of nitrogens with one attached hydrogen (secondary N) is 1. The molecule has 24 heavy (non-hydrogen) atoms. The number of nitrogens with two attached hydrogens (primary N) is 1. The molecule has 6 N–H and O–H groups in total. The Morgan fingerprint density at radius 1 is 1.50 bits per heavy atom. The standard InChI is InChI=1S/C14H21N5O5/c1-3-23-14(13(2,22)11(21)9(6-20)24-14)10-5-4-8-12(18-15)16-7-17-19(8)10/h4-5,7,9,11,20-22H,3,6,15H2,1-2H3,(H,16,17,18)/t9-,11-,13-,14?/m1/s1. The van der Waals surface area contributed by atoms with Crippen LogP contribution in [-0.2, 0) is 15.3 Å². The van der Waals surface area contributed by atoms with Crippen molar-refractivity contribution in [3.8, 4) is 0 Å². The number of rotatable bonds is 5. The number of fused-ring (bicyclic) bond motifs is 1. The number of hydrazine groups is 1. The quantitative estimate of drug-likeness (QED) is 0.331. The normalized spacial score (nSPS) is 33.2. The molecule has 3 rings (SSSR count). The Bertz CT molecular complexity index is 735. The average Bonchev–Trinajstić information content (AvgIpc) is 3.08. The molecule has 1 unspecified atom stereocenters. The van der Waals surface area contributed by atoms with Crippen molar-refractivity contribution in [2.45, 2.75) is 37.4 Å². The van der Waals surface area contributed by atoms with Crippen LogP contribution in [0.3, 0.4) is 0 Å². The van der Waals surface area contributed by atoms with Crippen LogP contribution in [-0.4, -0.2) is 60.9 Å². The van der Waals surface area contributed by atoms with Crippen molar-refractivity contribution in [3.63, 3.8) is 0 Å². The number of aliphatic hydroxyl groups excluding tert-OH is 2. The molecule has 3 heterocycles. The summed E-state index contributed by atoms with van der Waals surface area (Å²) in [5.74, 6) is 4.10. The van der Waals surface area contributed by atoms with E-state index < -0.39 is 30.2 Å². The minimum atomic E-state index is -1.83. The van der Waals surface area contributed by atoms with Gasteiger partial charge in [0.2, 0.25) is 5.79 Å². The van der Waals surface area contributed by atoms with Crippen molar-refractivity contribution in [2.75, 3.05) is 18.6 Å². The number of hydrogen-bond donors (Lipinski definition) is 5. The summed E-state index contributed by atoms with van der Waals surface area (Å²) in [6.45, 7) is 2.85. The Balaban J connectivity index is 2.23. The zero-order valence-corrected chi connectivity index (χ0v) is 13.4. The Kier molecular flexibility index (Phi) is 4.20. The third-order valence-electron chi connectivity index (χ3n) is 4.37. The zero-order valence-electron chi connectivity index (χ0n) is 13.4. The molecular weight excluding hydrogens is 318 g/mol. The monoisotopic (exact) mass is 339 g/mol. The lowest BCUT2D eigenvalue weighted by Gasteiger charge is -2.38. The molecule has 1 fully saturated rings. The van der Waals surface area contributed by atoms with Crippen LogP contribution in [0.4, 0.5) is 5.82 Å². The van der Waals surface area contributed by atoms with Crippen molar-refractivity contribution in [3.05, 3.63) is 24.2 Å². The molecule has 1 saturated heterocycles. The van der Waals surface area contributed by atoms with Gasteiger partial charge in [-0.15, -0.1) is 0 Å². The fourth-order valence-electron chi connectivity index (χ4n) is 3.16. The second kappa shape index (κ2) is 5.92. The van der Waals surface area contributed by atoms with Crippen LogP contribution < -0.4 is 11.3 Å². The Labute approximate surface area is 137 Å². The van der Waals surface area contributed by atoms with Crippen LogP contribution in [0.25, 0.3) is 5.52 Å². The van der Waals surface area contributed by atoms with Gasteiger partial charge >= 0.3 is 0 Å². The smallest absolute Gasteiger partial charge is 0.245 e. The highest BCUT2D eigenvalue weighted by Crippen LogP contribution is 2.48. The maximum atomic E-state index is 11.0. The fraction of sp³-hybridized carbons (Fsp3) is 0.571. The van der Waals surface area contributed by atoms with Gasteiger partial charge in [-0.2, -0.15) is 5.10 Å². The van der Waals surface area contributed by atoms with E-state index in [9.17, 15) is 15.3 Å². The fourth-order valence-corrected chi connectivity index (χ4v) is 3.16. The van der Waals surface area contributed by atoms with Crippen molar-refractivity contribution < 1.29 is 24.8 Å². The lowest BCUT2D eigenvalue weighted by atomic mass is 9.88. The second-order valence-electron chi connectivity index (χ2n) is 5.75. The summed E-state index contributed by atoms with van der Waals surface area (Å²) in [6, 6.07) is 3.32. The summed E-state index contributed by atoms with van der Waals surface area (Å²) < 4.78 is 13.0. The summed E-state index contributed by atoms with van der Waals surface area (Å²) in [6.07, 6.45) is -1.07. The van der Waals surface area contributed by atoms with E-state index in [0.29, 0.717) is 17.0 Å². The van der Waals surface area contributed by atoms with Gasteiger partial charge in [0, 0.05) is 6.61 Å². The van der Waals surface area contributed by atoms with Crippen LogP contribution in [0.1, 0.15) is 19.5 Å². The maximum absolute atomic E-state index is 11.0. The van der Waals surface area contributed by atoms with Gasteiger partial charge in [-0.3, -0.25) is 0 Å². The van der Waals surface area contributed by atoms with Gasteiger partial charge in [-0.25, -0.2) is 15.3 Å². The summed E-state index contributed by atoms with van der Waals surface area (Å²) in [5, 5.41) is 34.9. The number of hydrogen-bond acceptors (Lipinski definition) is 9. The Morgan fingerprint density at radius 2 is 2.25 bits per heavy atom. The number of nitrogens with zero attached hydrogens (tertiary/aromatic N) is 3. The lowest BCUT2D eigenvalue weighted by Crippen LogP contribution is -2.54.